The quantitative estimate of drug-likeness (QED) is 0.640. The van der Waals surface area contributed by atoms with Gasteiger partial charge in [-0.3, -0.25) is 10.1 Å². The Kier molecular flexibility index (Phi) is 6.30. The van der Waals surface area contributed by atoms with E-state index in [2.05, 4.69) is 0 Å². The average molecular weight is 350 g/mol. The summed E-state index contributed by atoms with van der Waals surface area (Å²) in [6.07, 6.45) is 0.774. The highest BCUT2D eigenvalue weighted by Gasteiger charge is 2.36. The SMILES string of the molecule is CC1CC(CN)CN1S(=O)(=O)Cc1ccc([N+](=O)[O-])cc1.Cl. The molecule has 0 bridgehead atoms. The highest BCUT2D eigenvalue weighted by atomic mass is 35.5. The van der Waals surface area contributed by atoms with E-state index in [0.29, 0.717) is 18.7 Å². The summed E-state index contributed by atoms with van der Waals surface area (Å²) in [7, 11) is -3.43. The van der Waals surface area contributed by atoms with Gasteiger partial charge in [0.05, 0.1) is 10.7 Å². The number of hydrogen-bond acceptors (Lipinski definition) is 5. The van der Waals surface area contributed by atoms with Gasteiger partial charge < -0.3 is 5.73 Å². The van der Waals surface area contributed by atoms with Gasteiger partial charge in [-0.25, -0.2) is 8.42 Å². The first-order valence-electron chi connectivity index (χ1n) is 6.76. The molecule has 2 unspecified atom stereocenters. The summed E-state index contributed by atoms with van der Waals surface area (Å²) >= 11 is 0. The van der Waals surface area contributed by atoms with Crippen LogP contribution in [0, 0.1) is 16.0 Å². The topological polar surface area (TPSA) is 107 Å². The van der Waals surface area contributed by atoms with Crippen molar-refractivity contribution in [2.75, 3.05) is 13.1 Å². The van der Waals surface area contributed by atoms with Crippen molar-refractivity contribution in [1.82, 2.24) is 4.31 Å². The second-order valence-electron chi connectivity index (χ2n) is 5.44. The summed E-state index contributed by atoms with van der Waals surface area (Å²) in [6.45, 7) is 2.81. The lowest BCUT2D eigenvalue weighted by molar-refractivity contribution is -0.384. The summed E-state index contributed by atoms with van der Waals surface area (Å²) in [6, 6.07) is 5.55. The summed E-state index contributed by atoms with van der Waals surface area (Å²) < 4.78 is 26.4. The van der Waals surface area contributed by atoms with Gasteiger partial charge >= 0.3 is 0 Å². The van der Waals surface area contributed by atoms with Crippen LogP contribution in [-0.4, -0.2) is 36.8 Å². The summed E-state index contributed by atoms with van der Waals surface area (Å²) in [5.74, 6) is 0.0544. The maximum absolute atomic E-state index is 12.4. The summed E-state index contributed by atoms with van der Waals surface area (Å²) in [4.78, 5) is 10.1. The van der Waals surface area contributed by atoms with Crippen molar-refractivity contribution in [3.63, 3.8) is 0 Å². The number of non-ortho nitro benzene ring substituents is 1. The van der Waals surface area contributed by atoms with Crippen LogP contribution in [0.5, 0.6) is 0 Å². The smallest absolute Gasteiger partial charge is 0.269 e. The van der Waals surface area contributed by atoms with Crippen molar-refractivity contribution in [3.8, 4) is 0 Å². The summed E-state index contributed by atoms with van der Waals surface area (Å²) in [5.41, 5.74) is 6.11. The fourth-order valence-corrected chi connectivity index (χ4v) is 4.53. The average Bonchev–Trinajstić information content (AvgIpc) is 2.81. The van der Waals surface area contributed by atoms with Gasteiger partial charge in [0.15, 0.2) is 0 Å². The lowest BCUT2D eigenvalue weighted by atomic mass is 10.1. The van der Waals surface area contributed by atoms with Gasteiger partial charge in [0.2, 0.25) is 10.0 Å². The Morgan fingerprint density at radius 3 is 2.41 bits per heavy atom. The van der Waals surface area contributed by atoms with Crippen molar-refractivity contribution in [3.05, 3.63) is 39.9 Å². The van der Waals surface area contributed by atoms with Crippen molar-refractivity contribution in [2.24, 2.45) is 11.7 Å². The van der Waals surface area contributed by atoms with Crippen LogP contribution >= 0.6 is 12.4 Å². The number of nitrogens with zero attached hydrogens (tertiary/aromatic N) is 2. The number of benzene rings is 1. The second kappa shape index (κ2) is 7.36. The van der Waals surface area contributed by atoms with Crippen molar-refractivity contribution < 1.29 is 13.3 Å². The van der Waals surface area contributed by atoms with Crippen LogP contribution in [0.4, 0.5) is 5.69 Å². The first-order chi connectivity index (χ1) is 9.83. The third-order valence-corrected chi connectivity index (χ3v) is 5.71. The minimum atomic E-state index is -3.43. The Morgan fingerprint density at radius 1 is 1.36 bits per heavy atom. The van der Waals surface area contributed by atoms with Gasteiger partial charge in [0.1, 0.15) is 0 Å². The fraction of sp³-hybridized carbons (Fsp3) is 0.538. The zero-order chi connectivity index (χ0) is 15.6. The molecule has 9 heteroatoms. The standard InChI is InChI=1S/C13H19N3O4S.ClH/c1-10-6-12(7-14)8-15(10)21(19,20)9-11-2-4-13(5-3-11)16(17)18;/h2-5,10,12H,6-9,14H2,1H3;1H. The lowest BCUT2D eigenvalue weighted by Crippen LogP contribution is -2.35. The molecule has 2 atom stereocenters. The highest BCUT2D eigenvalue weighted by molar-refractivity contribution is 7.88. The Labute approximate surface area is 136 Å². The largest absolute Gasteiger partial charge is 0.330 e. The molecule has 22 heavy (non-hydrogen) atoms. The number of nitro benzene ring substituents is 1. The molecule has 1 aromatic rings. The molecule has 1 aliphatic rings. The van der Waals surface area contributed by atoms with Crippen LogP contribution in [0.1, 0.15) is 18.9 Å². The number of rotatable bonds is 5. The monoisotopic (exact) mass is 349 g/mol. The number of sulfonamides is 1. The van der Waals surface area contributed by atoms with E-state index < -0.39 is 14.9 Å². The predicted octanol–water partition coefficient (Wildman–Crippen LogP) is 1.52. The molecule has 1 aromatic carbocycles. The van der Waals surface area contributed by atoms with Gasteiger partial charge in [-0.1, -0.05) is 12.1 Å². The molecule has 0 radical (unpaired) electrons. The zero-order valence-corrected chi connectivity index (χ0v) is 13.8. The molecule has 0 aromatic heterocycles. The Bertz CT molecular complexity index is 621. The summed E-state index contributed by atoms with van der Waals surface area (Å²) in [5, 5.41) is 10.6. The third-order valence-electron chi connectivity index (χ3n) is 3.79. The molecule has 0 saturated carbocycles. The van der Waals surface area contributed by atoms with Crippen LogP contribution < -0.4 is 5.73 Å². The maximum Gasteiger partial charge on any atom is 0.269 e. The molecular weight excluding hydrogens is 330 g/mol. The Morgan fingerprint density at radius 2 is 1.95 bits per heavy atom. The van der Waals surface area contributed by atoms with Crippen LogP contribution in [0.3, 0.4) is 0 Å². The molecule has 0 spiro atoms. The molecule has 124 valence electrons. The molecule has 1 fully saturated rings. The molecule has 2 rings (SSSR count). The minimum Gasteiger partial charge on any atom is -0.330 e. The van der Waals surface area contributed by atoms with E-state index >= 15 is 0 Å². The van der Waals surface area contributed by atoms with E-state index in [1.54, 1.807) is 0 Å². The normalized spacial score (nSPS) is 22.3. The first kappa shape index (κ1) is 18.8. The predicted molar refractivity (Wildman–Crippen MR) is 86.3 cm³/mol. The van der Waals surface area contributed by atoms with Crippen molar-refractivity contribution in [2.45, 2.75) is 25.1 Å². The van der Waals surface area contributed by atoms with Crippen LogP contribution in [0.15, 0.2) is 24.3 Å². The van der Waals surface area contributed by atoms with Crippen LogP contribution in [0.25, 0.3) is 0 Å². The number of hydrogen-bond donors (Lipinski definition) is 1. The molecular formula is C13H20ClN3O4S. The molecule has 7 nitrogen and oxygen atoms in total. The van der Waals surface area contributed by atoms with E-state index in [0.717, 1.165) is 6.42 Å². The highest BCUT2D eigenvalue weighted by Crippen LogP contribution is 2.27. The molecule has 1 aliphatic heterocycles. The van der Waals surface area contributed by atoms with Gasteiger partial charge in [0.25, 0.3) is 5.69 Å². The van der Waals surface area contributed by atoms with Crippen molar-refractivity contribution >= 4 is 28.1 Å². The van der Waals surface area contributed by atoms with Gasteiger partial charge in [-0.15, -0.1) is 12.4 Å². The zero-order valence-electron chi connectivity index (χ0n) is 12.2. The fourth-order valence-electron chi connectivity index (χ4n) is 2.67. The van der Waals surface area contributed by atoms with E-state index in [-0.39, 0.29) is 35.8 Å². The van der Waals surface area contributed by atoms with E-state index in [9.17, 15) is 18.5 Å². The minimum absolute atomic E-state index is 0. The van der Waals surface area contributed by atoms with Gasteiger partial charge in [-0.2, -0.15) is 4.31 Å². The Balaban J connectivity index is 0.00000242. The molecule has 1 saturated heterocycles. The van der Waals surface area contributed by atoms with Crippen LogP contribution in [-0.2, 0) is 15.8 Å². The van der Waals surface area contributed by atoms with E-state index in [1.165, 1.54) is 28.6 Å². The Hall–Kier alpha value is -1.22. The van der Waals surface area contributed by atoms with E-state index in [1.807, 2.05) is 6.92 Å². The van der Waals surface area contributed by atoms with Gasteiger partial charge in [0, 0.05) is 24.7 Å². The molecule has 0 aliphatic carbocycles. The number of nitrogens with two attached hydrogens (primary N) is 1. The number of halogens is 1. The third kappa shape index (κ3) is 4.16. The molecule has 1 heterocycles. The van der Waals surface area contributed by atoms with Crippen LogP contribution in [0.2, 0.25) is 0 Å². The first-order valence-corrected chi connectivity index (χ1v) is 8.37. The lowest BCUT2D eigenvalue weighted by Gasteiger charge is -2.21. The number of nitro groups is 1. The maximum atomic E-state index is 12.4. The second-order valence-corrected chi connectivity index (χ2v) is 7.36. The van der Waals surface area contributed by atoms with E-state index in [4.69, 9.17) is 5.73 Å². The van der Waals surface area contributed by atoms with Gasteiger partial charge in [-0.05, 0) is 31.4 Å². The molecule has 0 amide bonds. The molecule has 2 N–H and O–H groups in total. The van der Waals surface area contributed by atoms with Crippen molar-refractivity contribution in [1.29, 1.82) is 0 Å².